The zero-order valence-corrected chi connectivity index (χ0v) is 27.5. The molecule has 1 saturated heterocycles. The molecule has 3 heterocycles. The molecule has 49 heavy (non-hydrogen) atoms. The summed E-state index contributed by atoms with van der Waals surface area (Å²) in [5.74, 6) is -1.37. The summed E-state index contributed by atoms with van der Waals surface area (Å²) in [6.07, 6.45) is 6.14. The highest BCUT2D eigenvalue weighted by molar-refractivity contribution is 6.17. The van der Waals surface area contributed by atoms with Crippen LogP contribution in [0.4, 0.5) is 5.69 Å². The van der Waals surface area contributed by atoms with E-state index in [4.69, 9.17) is 11.5 Å². The fraction of sp³-hybridized carbons (Fsp3) is 0.389. The number of H-pyrrole nitrogens is 2. The molecule has 0 radical (unpaired) electrons. The summed E-state index contributed by atoms with van der Waals surface area (Å²) in [7, 11) is 0. The van der Waals surface area contributed by atoms with Crippen molar-refractivity contribution in [1.29, 1.82) is 0 Å². The lowest BCUT2D eigenvalue weighted by atomic mass is 9.81. The predicted octanol–water partition coefficient (Wildman–Crippen LogP) is 2.43. The molecule has 2 atom stereocenters. The number of nitrogens with two attached hydrogens (primary N) is 2. The third-order valence-corrected chi connectivity index (χ3v) is 9.76. The van der Waals surface area contributed by atoms with Gasteiger partial charge in [-0.1, -0.05) is 24.3 Å². The maximum absolute atomic E-state index is 14.0. The number of aromatic nitrogens is 3. The molecule has 2 aromatic carbocycles. The molecule has 4 aromatic rings. The van der Waals surface area contributed by atoms with Crippen molar-refractivity contribution >= 4 is 40.2 Å². The standard InChI is InChI=1S/C36H42N8O5/c1-20-15-31(34(47)41-29-3-2-14-39-33(29)46)40-19-27(20)23-8-4-21(5-9-23)16-28(38)36(49)44(35(48)24-10-6-22(18-37)7-11-24)25-12-13-26-30(17-25)42-43-32(26)45/h4-5,8-9,12-13,15,17,19,22,24,28-29H,2-3,6-7,10-11,14,16,18,37-38H2,1H3,(H,39,46)(H,41,47)(H2,42,43,45)/t22?,24?,28-,29+/m0/s1. The fourth-order valence-electron chi connectivity index (χ4n) is 6.81. The predicted molar refractivity (Wildman–Crippen MR) is 186 cm³/mol. The van der Waals surface area contributed by atoms with E-state index >= 15 is 0 Å². The van der Waals surface area contributed by atoms with E-state index in [2.05, 4.69) is 25.8 Å². The molecule has 256 valence electrons. The Kier molecular flexibility index (Phi) is 10.0. The number of nitrogens with one attached hydrogen (secondary N) is 4. The van der Waals surface area contributed by atoms with Gasteiger partial charge in [0.25, 0.3) is 17.4 Å². The van der Waals surface area contributed by atoms with E-state index in [9.17, 15) is 24.0 Å². The second-order valence-corrected chi connectivity index (χ2v) is 13.1. The van der Waals surface area contributed by atoms with Gasteiger partial charge in [-0.25, -0.2) is 4.90 Å². The van der Waals surface area contributed by atoms with Crippen molar-refractivity contribution in [2.75, 3.05) is 18.0 Å². The zero-order chi connectivity index (χ0) is 34.7. The number of benzene rings is 2. The summed E-state index contributed by atoms with van der Waals surface area (Å²) in [6, 6.07) is 12.5. The second-order valence-electron chi connectivity index (χ2n) is 13.1. The van der Waals surface area contributed by atoms with E-state index in [1.807, 2.05) is 31.2 Å². The summed E-state index contributed by atoms with van der Waals surface area (Å²) < 4.78 is 0. The number of fused-ring (bicyclic) bond motifs is 1. The summed E-state index contributed by atoms with van der Waals surface area (Å²) in [4.78, 5) is 70.4. The monoisotopic (exact) mass is 666 g/mol. The number of imide groups is 1. The minimum absolute atomic E-state index is 0.185. The number of hydrogen-bond acceptors (Lipinski definition) is 8. The van der Waals surface area contributed by atoms with Gasteiger partial charge < -0.3 is 22.1 Å². The Hall–Kier alpha value is -5.14. The molecular formula is C36H42N8O5. The van der Waals surface area contributed by atoms with Crippen molar-refractivity contribution in [1.82, 2.24) is 25.8 Å². The molecule has 1 aliphatic heterocycles. The SMILES string of the molecule is Cc1cc(C(=O)N[C@@H]2CCCNC2=O)ncc1-c1ccc(C[C@H](N)C(=O)N(C(=O)C2CCC(CN)CC2)c2ccc3c(=O)[nH][nH]c3c2)cc1. The Bertz CT molecular complexity index is 1930. The number of aryl methyl sites for hydroxylation is 1. The van der Waals surface area contributed by atoms with Crippen LogP contribution in [0.15, 0.2) is 59.5 Å². The van der Waals surface area contributed by atoms with Crippen LogP contribution in [0.25, 0.3) is 22.0 Å². The summed E-state index contributed by atoms with van der Waals surface area (Å²) in [5, 5.41) is 11.3. The van der Waals surface area contributed by atoms with E-state index in [0.29, 0.717) is 54.9 Å². The summed E-state index contributed by atoms with van der Waals surface area (Å²) in [5.41, 5.74) is 16.5. The first-order chi connectivity index (χ1) is 23.6. The van der Waals surface area contributed by atoms with Crippen LogP contribution < -0.4 is 32.6 Å². The van der Waals surface area contributed by atoms with Crippen LogP contribution in [0.3, 0.4) is 0 Å². The molecule has 2 fully saturated rings. The quantitative estimate of drug-likeness (QED) is 0.156. The van der Waals surface area contributed by atoms with E-state index < -0.39 is 23.9 Å². The maximum atomic E-state index is 14.0. The average molecular weight is 667 g/mol. The van der Waals surface area contributed by atoms with Crippen LogP contribution >= 0.6 is 0 Å². The van der Waals surface area contributed by atoms with Gasteiger partial charge in [0, 0.05) is 24.2 Å². The van der Waals surface area contributed by atoms with Crippen molar-refractivity contribution < 1.29 is 19.2 Å². The number of anilines is 1. The molecule has 0 bridgehead atoms. The normalized spacial score (nSPS) is 20.0. The van der Waals surface area contributed by atoms with Crippen molar-refractivity contribution in [3.8, 4) is 11.1 Å². The van der Waals surface area contributed by atoms with Crippen LogP contribution in [0.5, 0.6) is 0 Å². The van der Waals surface area contributed by atoms with E-state index in [0.717, 1.165) is 41.5 Å². The number of nitrogens with zero attached hydrogens (tertiary/aromatic N) is 2. The van der Waals surface area contributed by atoms with Gasteiger partial charge in [-0.15, -0.1) is 0 Å². The lowest BCUT2D eigenvalue weighted by Gasteiger charge is -2.32. The highest BCUT2D eigenvalue weighted by Gasteiger charge is 2.35. The maximum Gasteiger partial charge on any atom is 0.271 e. The fourth-order valence-corrected chi connectivity index (χ4v) is 6.81. The Balaban J connectivity index is 1.16. The third kappa shape index (κ3) is 7.32. The molecule has 2 aliphatic rings. The second kappa shape index (κ2) is 14.5. The molecule has 1 aliphatic carbocycles. The topological polar surface area (TPSA) is 209 Å². The highest BCUT2D eigenvalue weighted by atomic mass is 16.2. The van der Waals surface area contributed by atoms with E-state index in [1.54, 1.807) is 30.5 Å². The third-order valence-electron chi connectivity index (χ3n) is 9.76. The van der Waals surface area contributed by atoms with Crippen LogP contribution in [0.1, 0.15) is 60.1 Å². The van der Waals surface area contributed by atoms with Gasteiger partial charge >= 0.3 is 0 Å². The summed E-state index contributed by atoms with van der Waals surface area (Å²) >= 11 is 0. The molecule has 13 heteroatoms. The minimum Gasteiger partial charge on any atom is -0.354 e. The first kappa shape index (κ1) is 33.7. The van der Waals surface area contributed by atoms with E-state index in [1.165, 1.54) is 4.90 Å². The molecule has 13 nitrogen and oxygen atoms in total. The molecule has 0 unspecified atom stereocenters. The Morgan fingerprint density at radius 3 is 2.45 bits per heavy atom. The van der Waals surface area contributed by atoms with Crippen molar-refractivity contribution in [3.63, 3.8) is 0 Å². The van der Waals surface area contributed by atoms with Gasteiger partial charge in [-0.3, -0.25) is 39.2 Å². The highest BCUT2D eigenvalue weighted by Crippen LogP contribution is 2.32. The molecule has 4 amide bonds. The number of rotatable bonds is 9. The molecule has 2 aromatic heterocycles. The minimum atomic E-state index is -1.01. The Labute approximate surface area is 283 Å². The zero-order valence-electron chi connectivity index (χ0n) is 27.5. The van der Waals surface area contributed by atoms with Crippen LogP contribution in [0, 0.1) is 18.8 Å². The van der Waals surface area contributed by atoms with Crippen molar-refractivity contribution in [3.05, 3.63) is 81.9 Å². The van der Waals surface area contributed by atoms with Gasteiger partial charge in [0.1, 0.15) is 11.7 Å². The number of piperidine rings is 1. The first-order valence-electron chi connectivity index (χ1n) is 16.8. The smallest absolute Gasteiger partial charge is 0.271 e. The van der Waals surface area contributed by atoms with Gasteiger partial charge in [0.05, 0.1) is 22.6 Å². The number of pyridine rings is 1. The van der Waals surface area contributed by atoms with E-state index in [-0.39, 0.29) is 35.4 Å². The molecule has 8 N–H and O–H groups in total. The first-order valence-corrected chi connectivity index (χ1v) is 16.8. The molecule has 0 spiro atoms. The number of hydrogen-bond donors (Lipinski definition) is 6. The Morgan fingerprint density at radius 1 is 1.00 bits per heavy atom. The van der Waals surface area contributed by atoms with Crippen LogP contribution in [-0.4, -0.2) is 64.0 Å². The number of aromatic amines is 2. The lowest BCUT2D eigenvalue weighted by Crippen LogP contribution is -2.50. The van der Waals surface area contributed by atoms with Gasteiger partial charge in [0.15, 0.2) is 0 Å². The number of carbonyl (C=O) groups excluding carboxylic acids is 4. The largest absolute Gasteiger partial charge is 0.354 e. The summed E-state index contributed by atoms with van der Waals surface area (Å²) in [6.45, 7) is 3.07. The lowest BCUT2D eigenvalue weighted by molar-refractivity contribution is -0.130. The molecular weight excluding hydrogens is 624 g/mol. The van der Waals surface area contributed by atoms with Crippen LogP contribution in [0.2, 0.25) is 0 Å². The van der Waals surface area contributed by atoms with Crippen molar-refractivity contribution in [2.45, 2.75) is 64.0 Å². The van der Waals surface area contributed by atoms with Gasteiger partial charge in [-0.2, -0.15) is 0 Å². The number of amides is 4. The van der Waals surface area contributed by atoms with Crippen molar-refractivity contribution in [2.24, 2.45) is 23.3 Å². The average Bonchev–Trinajstić information content (AvgIpc) is 3.49. The van der Waals surface area contributed by atoms with Gasteiger partial charge in [0.2, 0.25) is 11.8 Å². The van der Waals surface area contributed by atoms with Gasteiger partial charge in [-0.05, 0) is 105 Å². The van der Waals surface area contributed by atoms with Crippen LogP contribution in [-0.2, 0) is 20.8 Å². The number of carbonyl (C=O) groups is 4. The molecule has 1 saturated carbocycles. The molecule has 6 rings (SSSR count). The Morgan fingerprint density at radius 2 is 1.76 bits per heavy atom.